The maximum Gasteiger partial charge on any atom is 0.332 e. The minimum absolute atomic E-state index is 0.0146. The van der Waals surface area contributed by atoms with Crippen LogP contribution in [0.3, 0.4) is 0 Å². The second-order valence-corrected chi connectivity index (χ2v) is 5.88. The number of aromatic amines is 1. The van der Waals surface area contributed by atoms with E-state index in [2.05, 4.69) is 20.3 Å². The molecule has 11 nitrogen and oxygen atoms in total. The molecule has 26 heavy (non-hydrogen) atoms. The number of nitrogens with zero attached hydrogens (tertiary/aromatic N) is 3. The van der Waals surface area contributed by atoms with Crippen molar-refractivity contribution in [1.29, 1.82) is 0 Å². The number of aliphatic carboxylic acids is 1. The average molecular weight is 367 g/mol. The Labute approximate surface area is 148 Å². The standard InChI is InChI=1S/C14H17N5O5.CH4O/c1-6(2)11(20)17-14-16-10-9(12(21)18-14)15-5-19(10)8-4-3-7(24-8)13(22)23;1-2/h5-8H,3-4H2,1-2H3,(H,22,23)(H2,16,17,18,20,21);2H,1H3. The number of hydrogen-bond donors (Lipinski definition) is 4. The summed E-state index contributed by atoms with van der Waals surface area (Å²) in [5.74, 6) is -1.57. The molecule has 0 aromatic carbocycles. The smallest absolute Gasteiger partial charge is 0.332 e. The van der Waals surface area contributed by atoms with Crippen molar-refractivity contribution >= 4 is 29.0 Å². The predicted octanol–water partition coefficient (Wildman–Crippen LogP) is 0.0848. The third-order valence-corrected chi connectivity index (χ3v) is 3.78. The number of aliphatic hydroxyl groups is 1. The lowest BCUT2D eigenvalue weighted by Crippen LogP contribution is -2.23. The summed E-state index contributed by atoms with van der Waals surface area (Å²) >= 11 is 0. The molecule has 0 aliphatic carbocycles. The minimum Gasteiger partial charge on any atom is -0.479 e. The Morgan fingerprint density at radius 1 is 1.38 bits per heavy atom. The van der Waals surface area contributed by atoms with E-state index in [4.69, 9.17) is 14.9 Å². The van der Waals surface area contributed by atoms with Crippen molar-refractivity contribution in [3.63, 3.8) is 0 Å². The number of amides is 1. The van der Waals surface area contributed by atoms with Crippen molar-refractivity contribution in [2.24, 2.45) is 5.92 Å². The van der Waals surface area contributed by atoms with Crippen LogP contribution < -0.4 is 10.9 Å². The van der Waals surface area contributed by atoms with Crippen LogP contribution in [0, 0.1) is 5.92 Å². The van der Waals surface area contributed by atoms with Gasteiger partial charge in [-0.1, -0.05) is 13.8 Å². The molecule has 3 heterocycles. The van der Waals surface area contributed by atoms with Gasteiger partial charge in [0.2, 0.25) is 11.9 Å². The van der Waals surface area contributed by atoms with Gasteiger partial charge in [0.05, 0.1) is 6.33 Å². The zero-order chi connectivity index (χ0) is 19.4. The van der Waals surface area contributed by atoms with E-state index >= 15 is 0 Å². The maximum atomic E-state index is 12.1. The first-order chi connectivity index (χ1) is 12.4. The second kappa shape index (κ2) is 8.06. The van der Waals surface area contributed by atoms with Crippen molar-refractivity contribution in [2.75, 3.05) is 12.4 Å². The summed E-state index contributed by atoms with van der Waals surface area (Å²) in [5, 5.41) is 18.5. The highest BCUT2D eigenvalue weighted by Crippen LogP contribution is 2.30. The van der Waals surface area contributed by atoms with Gasteiger partial charge >= 0.3 is 5.97 Å². The SMILES string of the molecule is CC(C)C(=O)Nc1nc2c(ncn2C2CCC(C(=O)O)O2)c(=O)[nH]1.CO. The number of carbonyl (C=O) groups excluding carboxylic acids is 1. The molecule has 1 aliphatic rings. The third kappa shape index (κ3) is 3.89. The summed E-state index contributed by atoms with van der Waals surface area (Å²) in [6.07, 6.45) is 0.744. The highest BCUT2D eigenvalue weighted by Gasteiger charge is 2.32. The summed E-state index contributed by atoms with van der Waals surface area (Å²) in [6, 6.07) is 0. The average Bonchev–Trinajstić information content (AvgIpc) is 3.23. The van der Waals surface area contributed by atoms with Crippen LogP contribution in [0.5, 0.6) is 0 Å². The van der Waals surface area contributed by atoms with Gasteiger partial charge in [-0.25, -0.2) is 9.78 Å². The molecule has 3 rings (SSSR count). The van der Waals surface area contributed by atoms with Crippen LogP contribution in [0.15, 0.2) is 11.1 Å². The molecule has 0 saturated carbocycles. The van der Waals surface area contributed by atoms with Gasteiger partial charge in [-0.15, -0.1) is 0 Å². The van der Waals surface area contributed by atoms with Crippen LogP contribution in [-0.4, -0.2) is 54.8 Å². The molecule has 0 radical (unpaired) electrons. The molecule has 1 saturated heterocycles. The number of rotatable bonds is 4. The molecule has 4 N–H and O–H groups in total. The number of H-pyrrole nitrogens is 1. The lowest BCUT2D eigenvalue weighted by molar-refractivity contribution is -0.151. The van der Waals surface area contributed by atoms with Gasteiger partial charge in [-0.2, -0.15) is 4.98 Å². The number of fused-ring (bicyclic) bond motifs is 1. The molecule has 0 spiro atoms. The number of hydrogen-bond acceptors (Lipinski definition) is 7. The molecular weight excluding hydrogens is 346 g/mol. The Bertz CT molecular complexity index is 858. The Kier molecular flexibility index (Phi) is 6.05. The van der Waals surface area contributed by atoms with E-state index in [1.807, 2.05) is 0 Å². The van der Waals surface area contributed by atoms with Crippen LogP contribution in [0.1, 0.15) is 32.9 Å². The number of anilines is 1. The number of imidazole rings is 1. The van der Waals surface area contributed by atoms with E-state index in [-0.39, 0.29) is 28.9 Å². The van der Waals surface area contributed by atoms with Gasteiger partial charge in [0.1, 0.15) is 6.23 Å². The van der Waals surface area contributed by atoms with Gasteiger partial charge in [0, 0.05) is 13.0 Å². The lowest BCUT2D eigenvalue weighted by atomic mass is 10.2. The molecule has 2 aromatic rings. The van der Waals surface area contributed by atoms with Crippen LogP contribution in [0.4, 0.5) is 5.95 Å². The summed E-state index contributed by atoms with van der Waals surface area (Å²) in [7, 11) is 1.00. The van der Waals surface area contributed by atoms with Crippen LogP contribution in [-0.2, 0) is 14.3 Å². The molecule has 11 heteroatoms. The fourth-order valence-corrected chi connectivity index (χ4v) is 2.46. The van der Waals surface area contributed by atoms with Crippen LogP contribution >= 0.6 is 0 Å². The summed E-state index contributed by atoms with van der Waals surface area (Å²) < 4.78 is 6.97. The molecule has 2 aromatic heterocycles. The monoisotopic (exact) mass is 367 g/mol. The van der Waals surface area contributed by atoms with Crippen molar-refractivity contribution < 1.29 is 24.5 Å². The van der Waals surface area contributed by atoms with Gasteiger partial charge in [0.25, 0.3) is 5.56 Å². The topological polar surface area (TPSA) is 159 Å². The zero-order valence-electron chi connectivity index (χ0n) is 14.6. The zero-order valence-corrected chi connectivity index (χ0v) is 14.6. The number of carbonyl (C=O) groups is 2. The molecule has 1 aliphatic heterocycles. The van der Waals surface area contributed by atoms with E-state index < -0.39 is 23.9 Å². The number of carboxylic acids is 1. The van der Waals surface area contributed by atoms with Crippen molar-refractivity contribution in [3.8, 4) is 0 Å². The Morgan fingerprint density at radius 2 is 2.08 bits per heavy atom. The van der Waals surface area contributed by atoms with E-state index in [0.717, 1.165) is 7.11 Å². The first kappa shape index (κ1) is 19.5. The van der Waals surface area contributed by atoms with Crippen molar-refractivity contribution in [3.05, 3.63) is 16.7 Å². The maximum absolute atomic E-state index is 12.1. The molecule has 0 bridgehead atoms. The number of carboxylic acid groups (broad SMARTS) is 1. The summed E-state index contributed by atoms with van der Waals surface area (Å²) in [6.45, 7) is 3.43. The highest BCUT2D eigenvalue weighted by atomic mass is 16.5. The molecule has 1 fully saturated rings. The lowest BCUT2D eigenvalue weighted by Gasteiger charge is -2.13. The fourth-order valence-electron chi connectivity index (χ4n) is 2.46. The number of aliphatic hydroxyl groups excluding tert-OH is 1. The van der Waals surface area contributed by atoms with Crippen molar-refractivity contribution in [1.82, 2.24) is 19.5 Å². The van der Waals surface area contributed by atoms with E-state index in [1.54, 1.807) is 13.8 Å². The largest absolute Gasteiger partial charge is 0.479 e. The number of ether oxygens (including phenoxy) is 1. The minimum atomic E-state index is -1.03. The quantitative estimate of drug-likeness (QED) is 0.591. The number of nitrogens with one attached hydrogen (secondary N) is 2. The molecule has 2 unspecified atom stereocenters. The van der Waals surface area contributed by atoms with Gasteiger partial charge in [-0.05, 0) is 12.8 Å². The molecule has 142 valence electrons. The first-order valence-electron chi connectivity index (χ1n) is 7.97. The van der Waals surface area contributed by atoms with Crippen LogP contribution in [0.25, 0.3) is 11.2 Å². The third-order valence-electron chi connectivity index (χ3n) is 3.78. The normalized spacial score (nSPS) is 19.3. The van der Waals surface area contributed by atoms with Crippen LogP contribution in [0.2, 0.25) is 0 Å². The molecule has 1 amide bonds. The summed E-state index contributed by atoms with van der Waals surface area (Å²) in [4.78, 5) is 45.6. The van der Waals surface area contributed by atoms with E-state index in [9.17, 15) is 14.4 Å². The second-order valence-electron chi connectivity index (χ2n) is 5.88. The van der Waals surface area contributed by atoms with E-state index in [1.165, 1.54) is 10.9 Å². The Hall–Kier alpha value is -2.79. The fraction of sp³-hybridized carbons (Fsp3) is 0.533. The molecular formula is C15H21N5O6. The predicted molar refractivity (Wildman–Crippen MR) is 90.5 cm³/mol. The van der Waals surface area contributed by atoms with Gasteiger partial charge in [-0.3, -0.25) is 24.5 Å². The van der Waals surface area contributed by atoms with E-state index in [0.29, 0.717) is 12.8 Å². The molecule has 2 atom stereocenters. The first-order valence-corrected chi connectivity index (χ1v) is 7.97. The Balaban J connectivity index is 0.00000117. The highest BCUT2D eigenvalue weighted by molar-refractivity contribution is 5.91. The summed E-state index contributed by atoms with van der Waals surface area (Å²) in [5.41, 5.74) is -0.167. The van der Waals surface area contributed by atoms with Gasteiger partial charge in [0.15, 0.2) is 17.3 Å². The van der Waals surface area contributed by atoms with Gasteiger partial charge < -0.3 is 14.9 Å². The Morgan fingerprint density at radius 3 is 2.65 bits per heavy atom. The van der Waals surface area contributed by atoms with Crippen molar-refractivity contribution in [2.45, 2.75) is 39.0 Å². The number of aromatic nitrogens is 4.